The number of methoxy groups -OCH3 is 1. The van der Waals surface area contributed by atoms with Gasteiger partial charge in [0, 0.05) is 17.6 Å². The average Bonchev–Trinajstić information content (AvgIpc) is 2.80. The molecule has 0 unspecified atom stereocenters. The normalized spacial score (nSPS) is 26.7. The molecule has 0 radical (unpaired) electrons. The van der Waals surface area contributed by atoms with Gasteiger partial charge in [-0.3, -0.25) is 0 Å². The number of rotatable bonds is 2. The molecule has 132 valence electrons. The lowest BCUT2D eigenvalue weighted by molar-refractivity contribution is -0.259. The number of sulfone groups is 1. The second kappa shape index (κ2) is 5.27. The van der Waals surface area contributed by atoms with Crippen LogP contribution in [0, 0.1) is 0 Å². The zero-order valence-corrected chi connectivity index (χ0v) is 14.2. The van der Waals surface area contributed by atoms with Crippen LogP contribution in [-0.2, 0) is 9.84 Å². The molecular weight excluding hydrogens is 369 g/mol. The summed E-state index contributed by atoms with van der Waals surface area (Å²) in [6, 6.07) is 4.71. The molecule has 0 bridgehead atoms. The SMILES string of the molecule is COc1ccc2c(c1)SC1=N[C@](O)(C(F)(F)F)C[C@@H](S(C)(=O)=O)N12. The molecule has 2 heterocycles. The van der Waals surface area contributed by atoms with Gasteiger partial charge in [-0.2, -0.15) is 13.2 Å². The fourth-order valence-electron chi connectivity index (χ4n) is 2.57. The second-order valence-electron chi connectivity index (χ2n) is 5.50. The highest BCUT2D eigenvalue weighted by Gasteiger charge is 2.60. The number of ether oxygens (including phenoxy) is 1. The summed E-state index contributed by atoms with van der Waals surface area (Å²) in [6.45, 7) is 0. The first-order valence-corrected chi connectivity index (χ1v) is 9.46. The lowest BCUT2D eigenvalue weighted by Gasteiger charge is -2.39. The van der Waals surface area contributed by atoms with Gasteiger partial charge in [-0.15, -0.1) is 0 Å². The summed E-state index contributed by atoms with van der Waals surface area (Å²) >= 11 is 0.859. The molecule has 1 aromatic carbocycles. The largest absolute Gasteiger partial charge is 0.497 e. The highest BCUT2D eigenvalue weighted by molar-refractivity contribution is 8.15. The Balaban J connectivity index is 2.17. The Morgan fingerprint density at radius 1 is 1.46 bits per heavy atom. The first kappa shape index (κ1) is 17.4. The van der Waals surface area contributed by atoms with E-state index in [9.17, 15) is 26.7 Å². The van der Waals surface area contributed by atoms with E-state index in [2.05, 4.69) is 4.99 Å². The van der Waals surface area contributed by atoms with Crippen molar-refractivity contribution in [1.82, 2.24) is 0 Å². The molecule has 24 heavy (non-hydrogen) atoms. The Morgan fingerprint density at radius 3 is 2.67 bits per heavy atom. The molecule has 0 fully saturated rings. The van der Waals surface area contributed by atoms with Crippen molar-refractivity contribution in [3.05, 3.63) is 18.2 Å². The Kier molecular flexibility index (Phi) is 3.81. The van der Waals surface area contributed by atoms with E-state index in [4.69, 9.17) is 4.74 Å². The number of hydrogen-bond acceptors (Lipinski definition) is 7. The van der Waals surface area contributed by atoms with Gasteiger partial charge in [0.1, 0.15) is 11.1 Å². The van der Waals surface area contributed by atoms with E-state index in [1.807, 2.05) is 0 Å². The van der Waals surface area contributed by atoms with Gasteiger partial charge in [0.05, 0.1) is 12.8 Å². The maximum atomic E-state index is 13.2. The number of aliphatic hydroxyl groups is 1. The number of nitrogens with zero attached hydrogens (tertiary/aromatic N) is 2. The van der Waals surface area contributed by atoms with Gasteiger partial charge >= 0.3 is 6.18 Å². The first-order valence-electron chi connectivity index (χ1n) is 6.69. The molecule has 0 spiro atoms. The standard InChI is InChI=1S/C13H13F3N2O4S2/c1-22-7-3-4-8-9(5-7)23-11-17-12(19,13(14,15)16)6-10(18(8)11)24(2,20)21/h3-5,10,19H,6H2,1-2H3/t10-,12-/m1/s1. The minimum absolute atomic E-state index is 0.209. The monoisotopic (exact) mass is 382 g/mol. The molecule has 11 heteroatoms. The summed E-state index contributed by atoms with van der Waals surface area (Å²) in [6.07, 6.45) is -5.34. The van der Waals surface area contributed by atoms with Gasteiger partial charge in [0.15, 0.2) is 15.0 Å². The summed E-state index contributed by atoms with van der Waals surface area (Å²) in [5.74, 6) is 0.476. The Morgan fingerprint density at radius 2 is 2.12 bits per heavy atom. The zero-order valence-electron chi connectivity index (χ0n) is 12.5. The third kappa shape index (κ3) is 2.64. The Bertz CT molecular complexity index is 825. The molecule has 6 nitrogen and oxygen atoms in total. The Hall–Kier alpha value is -1.46. The van der Waals surface area contributed by atoms with E-state index in [0.717, 1.165) is 18.0 Å². The second-order valence-corrected chi connectivity index (χ2v) is 8.72. The summed E-state index contributed by atoms with van der Waals surface area (Å²) in [5.41, 5.74) is -3.02. The van der Waals surface area contributed by atoms with Crippen molar-refractivity contribution >= 4 is 32.5 Å². The van der Waals surface area contributed by atoms with Crippen LogP contribution in [0.3, 0.4) is 0 Å². The molecule has 0 aromatic heterocycles. The molecule has 1 N–H and O–H groups in total. The average molecular weight is 382 g/mol. The maximum absolute atomic E-state index is 13.2. The maximum Gasteiger partial charge on any atom is 0.438 e. The van der Waals surface area contributed by atoms with Crippen molar-refractivity contribution in [2.24, 2.45) is 4.99 Å². The summed E-state index contributed by atoms with van der Waals surface area (Å²) in [5, 5.41) is 8.15. The molecule has 1 aromatic rings. The van der Waals surface area contributed by atoms with Crippen LogP contribution >= 0.6 is 11.8 Å². The van der Waals surface area contributed by atoms with Crippen LogP contribution in [0.4, 0.5) is 18.9 Å². The lowest BCUT2D eigenvalue weighted by atomic mass is 10.1. The third-order valence-electron chi connectivity index (χ3n) is 3.81. The predicted octanol–water partition coefficient (Wildman–Crippen LogP) is 1.99. The van der Waals surface area contributed by atoms with E-state index < -0.39 is 33.5 Å². The van der Waals surface area contributed by atoms with Crippen LogP contribution in [0.5, 0.6) is 5.75 Å². The van der Waals surface area contributed by atoms with Crippen LogP contribution < -0.4 is 9.64 Å². The number of alkyl halides is 3. The van der Waals surface area contributed by atoms with E-state index in [-0.39, 0.29) is 5.17 Å². The van der Waals surface area contributed by atoms with Crippen molar-refractivity contribution in [2.75, 3.05) is 18.3 Å². The molecule has 0 amide bonds. The molecule has 3 rings (SSSR count). The van der Waals surface area contributed by atoms with E-state index in [1.54, 1.807) is 18.2 Å². The number of fused-ring (bicyclic) bond motifs is 3. The predicted molar refractivity (Wildman–Crippen MR) is 83.0 cm³/mol. The smallest absolute Gasteiger partial charge is 0.438 e. The van der Waals surface area contributed by atoms with Crippen molar-refractivity contribution < 1.29 is 31.4 Å². The first-order chi connectivity index (χ1) is 11.0. The zero-order chi connectivity index (χ0) is 17.9. The quantitative estimate of drug-likeness (QED) is 0.843. The van der Waals surface area contributed by atoms with Gasteiger partial charge in [-0.05, 0) is 30.0 Å². The number of benzene rings is 1. The lowest BCUT2D eigenvalue weighted by Crippen LogP contribution is -2.57. The number of anilines is 1. The molecule has 2 atom stereocenters. The van der Waals surface area contributed by atoms with Crippen molar-refractivity contribution in [2.45, 2.75) is 28.6 Å². The summed E-state index contributed by atoms with van der Waals surface area (Å²) in [7, 11) is -2.49. The number of halogens is 3. The van der Waals surface area contributed by atoms with Crippen molar-refractivity contribution in [3.8, 4) is 5.75 Å². The minimum atomic E-state index is -5.08. The van der Waals surface area contributed by atoms with Gasteiger partial charge in [0.25, 0.3) is 5.72 Å². The van der Waals surface area contributed by atoms with Gasteiger partial charge in [-0.1, -0.05) is 0 Å². The number of hydrogen-bond donors (Lipinski definition) is 1. The minimum Gasteiger partial charge on any atom is -0.497 e. The topological polar surface area (TPSA) is 79.2 Å². The number of amidine groups is 1. The number of aliphatic imine (C=N–C) groups is 1. The molecule has 0 saturated heterocycles. The van der Waals surface area contributed by atoms with E-state index in [0.29, 0.717) is 16.3 Å². The van der Waals surface area contributed by atoms with Crippen LogP contribution in [0.1, 0.15) is 6.42 Å². The molecular formula is C13H13F3N2O4S2. The van der Waals surface area contributed by atoms with Crippen LogP contribution in [-0.4, -0.2) is 49.3 Å². The van der Waals surface area contributed by atoms with Crippen molar-refractivity contribution in [3.63, 3.8) is 0 Å². The fourth-order valence-corrected chi connectivity index (χ4v) is 4.93. The van der Waals surface area contributed by atoms with E-state index in [1.165, 1.54) is 12.0 Å². The molecule has 0 saturated carbocycles. The van der Waals surface area contributed by atoms with Crippen LogP contribution in [0.15, 0.2) is 28.1 Å². The Labute approximate surface area is 140 Å². The molecule has 0 aliphatic carbocycles. The highest BCUT2D eigenvalue weighted by Crippen LogP contribution is 2.50. The van der Waals surface area contributed by atoms with Gasteiger partial charge in [0.2, 0.25) is 0 Å². The van der Waals surface area contributed by atoms with Crippen LogP contribution in [0.25, 0.3) is 0 Å². The fraction of sp³-hybridized carbons (Fsp3) is 0.462. The summed E-state index contributed by atoms with van der Waals surface area (Å²) in [4.78, 5) is 5.14. The van der Waals surface area contributed by atoms with Crippen molar-refractivity contribution in [1.29, 1.82) is 0 Å². The summed E-state index contributed by atoms with van der Waals surface area (Å²) < 4.78 is 68.8. The molecule has 2 aliphatic heterocycles. The van der Waals surface area contributed by atoms with Gasteiger partial charge < -0.3 is 14.7 Å². The van der Waals surface area contributed by atoms with E-state index >= 15 is 0 Å². The highest BCUT2D eigenvalue weighted by atomic mass is 32.2. The number of thioether (sulfide) groups is 1. The molecule has 2 aliphatic rings. The van der Waals surface area contributed by atoms with Gasteiger partial charge in [-0.25, -0.2) is 13.4 Å². The van der Waals surface area contributed by atoms with Crippen LogP contribution in [0.2, 0.25) is 0 Å². The third-order valence-corrected chi connectivity index (χ3v) is 6.19.